The van der Waals surface area contributed by atoms with E-state index < -0.39 is 5.60 Å². The minimum Gasteiger partial charge on any atom is -0.384 e. The molecule has 40 heavy (non-hydrogen) atoms. The van der Waals surface area contributed by atoms with Crippen LogP contribution in [-0.4, -0.2) is 73.0 Å². The molecule has 1 fully saturated rings. The van der Waals surface area contributed by atoms with Gasteiger partial charge in [0.1, 0.15) is 17.0 Å². The topological polar surface area (TPSA) is 133 Å². The van der Waals surface area contributed by atoms with Crippen molar-refractivity contribution in [3.05, 3.63) is 71.3 Å². The van der Waals surface area contributed by atoms with E-state index >= 15 is 0 Å². The smallest absolute Gasteiger partial charge is 0.278 e. The lowest BCUT2D eigenvalue weighted by Gasteiger charge is -2.44. The van der Waals surface area contributed by atoms with Crippen molar-refractivity contribution in [1.82, 2.24) is 29.2 Å². The van der Waals surface area contributed by atoms with Crippen LogP contribution in [0.25, 0.3) is 16.9 Å². The number of hydrogen-bond acceptors (Lipinski definition) is 9. The number of aliphatic hydroxyl groups is 1. The minimum absolute atomic E-state index is 0.0257. The lowest BCUT2D eigenvalue weighted by Crippen LogP contribution is -2.59. The third-order valence-electron chi connectivity index (χ3n) is 7.26. The molecule has 6 rings (SSSR count). The molecule has 2 aliphatic rings. The number of carbonyl (C=O) groups is 1. The summed E-state index contributed by atoms with van der Waals surface area (Å²) in [5, 5.41) is 17.1. The Morgan fingerprint density at radius 3 is 2.80 bits per heavy atom. The monoisotopic (exact) mass is 541 g/mol. The number of anilines is 4. The first-order chi connectivity index (χ1) is 19.1. The van der Waals surface area contributed by atoms with Crippen molar-refractivity contribution in [2.24, 2.45) is 0 Å². The van der Waals surface area contributed by atoms with Crippen LogP contribution in [0.1, 0.15) is 19.5 Å². The first-order valence-electron chi connectivity index (χ1n) is 13.1. The highest BCUT2D eigenvalue weighted by atomic mass is 16.3. The Morgan fingerprint density at radius 1 is 1.20 bits per heavy atom. The summed E-state index contributed by atoms with van der Waals surface area (Å²) in [7, 11) is 2.02. The van der Waals surface area contributed by atoms with Crippen molar-refractivity contribution in [2.75, 3.05) is 42.2 Å². The van der Waals surface area contributed by atoms with Crippen LogP contribution in [0.5, 0.6) is 0 Å². The van der Waals surface area contributed by atoms with E-state index in [1.807, 2.05) is 25.2 Å². The van der Waals surface area contributed by atoms with Gasteiger partial charge in [-0.2, -0.15) is 4.98 Å². The Hall–Kier alpha value is -4.55. The highest BCUT2D eigenvalue weighted by Gasteiger charge is 2.36. The molecule has 0 saturated carbocycles. The van der Waals surface area contributed by atoms with Gasteiger partial charge in [-0.3, -0.25) is 9.59 Å². The molecule has 0 spiro atoms. The second kappa shape index (κ2) is 9.57. The van der Waals surface area contributed by atoms with Crippen LogP contribution in [0, 0.1) is 0 Å². The maximum absolute atomic E-state index is 13.3. The summed E-state index contributed by atoms with van der Waals surface area (Å²) < 4.78 is 3.09. The first-order valence-corrected chi connectivity index (χ1v) is 13.1. The molecule has 0 bridgehead atoms. The van der Waals surface area contributed by atoms with Crippen molar-refractivity contribution < 1.29 is 9.90 Å². The summed E-state index contributed by atoms with van der Waals surface area (Å²) in [6, 6.07) is 10.8. The van der Waals surface area contributed by atoms with Crippen LogP contribution in [0.3, 0.4) is 0 Å². The van der Waals surface area contributed by atoms with Gasteiger partial charge in [0, 0.05) is 31.5 Å². The molecule has 1 amide bonds. The number of nitrogens with zero attached hydrogens (tertiary/aromatic N) is 7. The van der Waals surface area contributed by atoms with Gasteiger partial charge in [0.05, 0.1) is 23.6 Å². The molecule has 0 radical (unpaired) electrons. The molecule has 4 aromatic rings. The van der Waals surface area contributed by atoms with Crippen LogP contribution in [0.15, 0.2) is 60.0 Å². The largest absolute Gasteiger partial charge is 0.384 e. The predicted octanol–water partition coefficient (Wildman–Crippen LogP) is 2.21. The Balaban J connectivity index is 1.39. The zero-order chi connectivity index (χ0) is 28.2. The Labute approximate surface area is 230 Å². The van der Waals surface area contributed by atoms with E-state index in [1.165, 1.54) is 10.9 Å². The molecule has 3 N–H and O–H groups in total. The maximum atomic E-state index is 13.3. The van der Waals surface area contributed by atoms with Gasteiger partial charge in [-0.25, -0.2) is 19.3 Å². The van der Waals surface area contributed by atoms with Crippen LogP contribution in [0.4, 0.5) is 23.0 Å². The second-order valence-corrected chi connectivity index (χ2v) is 10.7. The summed E-state index contributed by atoms with van der Waals surface area (Å²) in [5.74, 6) is 0.675. The molecule has 1 saturated heterocycles. The molecule has 3 aromatic heterocycles. The van der Waals surface area contributed by atoms with Gasteiger partial charge in [-0.1, -0.05) is 12.1 Å². The fraction of sp³-hybridized carbons (Fsp3) is 0.321. The van der Waals surface area contributed by atoms with Gasteiger partial charge >= 0.3 is 0 Å². The van der Waals surface area contributed by atoms with Crippen LogP contribution in [0.2, 0.25) is 0 Å². The number of pyridine rings is 1. The standard InChI is InChI=1S/C28H31N9O3/c1-5-11-36-26(39)18-15-29-27(33-24(18)37(36)23-8-6-7-22(32-23)28(2,3)40)30-17-9-10-20-19(14-17)31-25(38)21-16-34(4)12-13-35(20)21/h5-10,14-15,21,40H,1,11-13,16H2,2-4H3,(H,31,38)(H,29,30,33). The zero-order valence-electron chi connectivity index (χ0n) is 22.6. The van der Waals surface area contributed by atoms with Crippen molar-refractivity contribution in [1.29, 1.82) is 0 Å². The van der Waals surface area contributed by atoms with E-state index in [4.69, 9.17) is 0 Å². The summed E-state index contributed by atoms with van der Waals surface area (Å²) in [4.78, 5) is 44.1. The number of piperazine rings is 1. The van der Waals surface area contributed by atoms with E-state index in [0.717, 1.165) is 24.5 Å². The number of likely N-dealkylation sites (N-methyl/N-ethyl adjacent to an activating group) is 1. The molecule has 5 heterocycles. The molecule has 2 aliphatic heterocycles. The minimum atomic E-state index is -1.17. The fourth-order valence-corrected chi connectivity index (χ4v) is 5.23. The molecule has 206 valence electrons. The summed E-state index contributed by atoms with van der Waals surface area (Å²) in [6.07, 6.45) is 3.10. The van der Waals surface area contributed by atoms with Crippen molar-refractivity contribution in [3.63, 3.8) is 0 Å². The number of carbonyl (C=O) groups excluding carboxylic acids is 1. The SMILES string of the molecule is C=CCn1c(=O)c2cnc(Nc3ccc4c(c3)NC(=O)C3CN(C)CCN43)nc2n1-c1cccc(C(C)(C)O)n1. The summed E-state index contributed by atoms with van der Waals surface area (Å²) in [5.41, 5.74) is 1.75. The van der Waals surface area contributed by atoms with E-state index in [0.29, 0.717) is 34.8 Å². The predicted molar refractivity (Wildman–Crippen MR) is 153 cm³/mol. The van der Waals surface area contributed by atoms with E-state index in [2.05, 4.69) is 42.0 Å². The Morgan fingerprint density at radius 2 is 2.02 bits per heavy atom. The average molecular weight is 542 g/mol. The summed E-state index contributed by atoms with van der Waals surface area (Å²) >= 11 is 0. The molecule has 12 nitrogen and oxygen atoms in total. The number of aromatic nitrogens is 5. The highest BCUT2D eigenvalue weighted by molar-refractivity contribution is 6.04. The van der Waals surface area contributed by atoms with Crippen molar-refractivity contribution in [2.45, 2.75) is 32.0 Å². The molecular weight excluding hydrogens is 510 g/mol. The zero-order valence-corrected chi connectivity index (χ0v) is 22.6. The van der Waals surface area contributed by atoms with Gasteiger partial charge in [-0.15, -0.1) is 6.58 Å². The van der Waals surface area contributed by atoms with E-state index in [1.54, 1.807) is 42.8 Å². The van der Waals surface area contributed by atoms with Gasteiger partial charge in [-0.05, 0) is 51.2 Å². The quantitative estimate of drug-likeness (QED) is 0.314. The number of amides is 1. The fourth-order valence-electron chi connectivity index (χ4n) is 5.23. The average Bonchev–Trinajstić information content (AvgIpc) is 3.19. The Kier molecular flexibility index (Phi) is 6.15. The molecule has 12 heteroatoms. The van der Waals surface area contributed by atoms with Crippen LogP contribution >= 0.6 is 0 Å². The van der Waals surface area contributed by atoms with Gasteiger partial charge in [0.25, 0.3) is 5.56 Å². The third-order valence-corrected chi connectivity index (χ3v) is 7.26. The van der Waals surface area contributed by atoms with Crippen LogP contribution < -0.4 is 21.1 Å². The number of benzene rings is 1. The number of rotatable bonds is 6. The second-order valence-electron chi connectivity index (χ2n) is 10.7. The lowest BCUT2D eigenvalue weighted by atomic mass is 10.0. The van der Waals surface area contributed by atoms with E-state index in [-0.39, 0.29) is 30.0 Å². The highest BCUT2D eigenvalue weighted by Crippen LogP contribution is 2.36. The van der Waals surface area contributed by atoms with E-state index in [9.17, 15) is 14.7 Å². The third kappa shape index (κ3) is 4.40. The van der Waals surface area contributed by atoms with Crippen molar-refractivity contribution in [3.8, 4) is 5.82 Å². The van der Waals surface area contributed by atoms with Gasteiger partial charge in [0.2, 0.25) is 11.9 Å². The number of hydrogen-bond donors (Lipinski definition) is 3. The maximum Gasteiger partial charge on any atom is 0.278 e. The number of fused-ring (bicyclic) bond motifs is 4. The van der Waals surface area contributed by atoms with Crippen LogP contribution in [-0.2, 0) is 16.9 Å². The van der Waals surface area contributed by atoms with Gasteiger partial charge < -0.3 is 25.5 Å². The normalized spacial score (nSPS) is 17.4. The first kappa shape index (κ1) is 25.7. The van der Waals surface area contributed by atoms with Gasteiger partial charge in [0.15, 0.2) is 11.5 Å². The molecular formula is C28H31N9O3. The molecule has 1 atom stereocenters. The van der Waals surface area contributed by atoms with Crippen molar-refractivity contribution >= 4 is 40.0 Å². The Bertz CT molecular complexity index is 1700. The lowest BCUT2D eigenvalue weighted by molar-refractivity contribution is -0.118. The number of allylic oxidation sites excluding steroid dienone is 1. The molecule has 0 aliphatic carbocycles. The number of nitrogens with one attached hydrogen (secondary N) is 2. The summed E-state index contributed by atoms with van der Waals surface area (Å²) in [6.45, 7) is 9.65. The molecule has 1 aromatic carbocycles. The molecule has 1 unspecified atom stereocenters.